The maximum Gasteiger partial charge on any atom is 0.317 e. The number of aromatic hydroxyl groups is 3. The van der Waals surface area contributed by atoms with Crippen molar-refractivity contribution in [1.82, 2.24) is 0 Å². The lowest BCUT2D eigenvalue weighted by atomic mass is 9.89. The summed E-state index contributed by atoms with van der Waals surface area (Å²) < 4.78 is 15.9. The minimum Gasteiger partial charge on any atom is -0.508 e. The summed E-state index contributed by atoms with van der Waals surface area (Å²) in [4.78, 5) is 35.5. The molecule has 2 aromatic carbocycles. The molecule has 13 nitrogen and oxygen atoms in total. The molecule has 0 amide bonds. The third-order valence-electron chi connectivity index (χ3n) is 5.92. The van der Waals surface area contributed by atoms with Crippen LogP contribution in [0.25, 0.3) is 22.1 Å². The van der Waals surface area contributed by atoms with Crippen molar-refractivity contribution in [2.75, 3.05) is 6.61 Å². The predicted molar refractivity (Wildman–Crippen MR) is 122 cm³/mol. The summed E-state index contributed by atoms with van der Waals surface area (Å²) in [5, 5.41) is 70.1. The van der Waals surface area contributed by atoms with Crippen LogP contribution in [-0.4, -0.2) is 78.7 Å². The maximum absolute atomic E-state index is 13.2. The second-order valence-electron chi connectivity index (χ2n) is 8.38. The van der Waals surface area contributed by atoms with Gasteiger partial charge in [-0.1, -0.05) is 12.1 Å². The van der Waals surface area contributed by atoms with Crippen molar-refractivity contribution < 1.29 is 59.2 Å². The van der Waals surface area contributed by atoms with Gasteiger partial charge in [-0.2, -0.15) is 0 Å². The highest BCUT2D eigenvalue weighted by Gasteiger charge is 2.46. The van der Waals surface area contributed by atoms with Crippen molar-refractivity contribution in [2.45, 2.75) is 36.9 Å². The normalized spacial score (nSPS) is 23.6. The number of hydrogen-bond donors (Lipinski definition) is 7. The van der Waals surface area contributed by atoms with E-state index in [4.69, 9.17) is 19.0 Å². The molecule has 196 valence electrons. The molecule has 0 radical (unpaired) electrons. The van der Waals surface area contributed by atoms with Gasteiger partial charge in [0.05, 0.1) is 11.1 Å². The molecule has 5 unspecified atom stereocenters. The van der Waals surface area contributed by atoms with Crippen LogP contribution in [-0.2, 0) is 19.1 Å². The highest BCUT2D eigenvalue weighted by Crippen LogP contribution is 2.43. The molecule has 0 spiro atoms. The summed E-state index contributed by atoms with van der Waals surface area (Å²) in [6.45, 7) is -0.709. The molecule has 0 aliphatic carbocycles. The number of rotatable bonds is 6. The fourth-order valence-corrected chi connectivity index (χ4v) is 4.09. The van der Waals surface area contributed by atoms with Crippen LogP contribution >= 0.6 is 0 Å². The first kappa shape index (κ1) is 25.9. The molecule has 5 atom stereocenters. The van der Waals surface area contributed by atoms with Crippen LogP contribution in [0.4, 0.5) is 0 Å². The first-order valence-corrected chi connectivity index (χ1v) is 10.9. The number of fused-ring (bicyclic) bond motifs is 1. The molecule has 1 fully saturated rings. The molecule has 37 heavy (non-hydrogen) atoms. The highest BCUT2D eigenvalue weighted by molar-refractivity contribution is 5.91. The molecule has 0 saturated carbocycles. The number of carbonyl (C=O) groups excluding carboxylic acids is 1. The average Bonchev–Trinajstić information content (AvgIpc) is 2.83. The van der Waals surface area contributed by atoms with Gasteiger partial charge in [-0.25, -0.2) is 0 Å². The zero-order valence-corrected chi connectivity index (χ0v) is 18.8. The number of carbonyl (C=O) groups is 2. The molecule has 4 rings (SSSR count). The number of phenolic OH excluding ortho intramolecular Hbond substituents is 3. The van der Waals surface area contributed by atoms with Crippen molar-refractivity contribution in [2.24, 2.45) is 0 Å². The van der Waals surface area contributed by atoms with E-state index in [1.807, 2.05) is 0 Å². The van der Waals surface area contributed by atoms with E-state index in [2.05, 4.69) is 0 Å². The Morgan fingerprint density at radius 2 is 1.62 bits per heavy atom. The summed E-state index contributed by atoms with van der Waals surface area (Å²) in [5.74, 6) is -3.98. The monoisotopic (exact) mass is 518 g/mol. The first-order chi connectivity index (χ1) is 17.5. The predicted octanol–water partition coefficient (Wildman–Crippen LogP) is 0.117. The second kappa shape index (κ2) is 10.1. The van der Waals surface area contributed by atoms with Crippen molar-refractivity contribution in [3.8, 4) is 28.4 Å². The van der Waals surface area contributed by atoms with Gasteiger partial charge in [-0.3, -0.25) is 14.4 Å². The number of phenols is 3. The van der Waals surface area contributed by atoms with E-state index in [1.165, 1.54) is 24.3 Å². The van der Waals surface area contributed by atoms with E-state index in [0.29, 0.717) is 5.56 Å². The molecular formula is C24H22O13. The van der Waals surface area contributed by atoms with Crippen LogP contribution in [0.1, 0.15) is 18.1 Å². The molecule has 13 heteroatoms. The second-order valence-corrected chi connectivity index (χ2v) is 8.38. The zero-order valence-electron chi connectivity index (χ0n) is 18.8. The van der Waals surface area contributed by atoms with E-state index < -0.39 is 72.4 Å². The topological polar surface area (TPSA) is 224 Å². The third kappa shape index (κ3) is 4.93. The quantitative estimate of drug-likeness (QED) is 0.170. The lowest BCUT2D eigenvalue weighted by Crippen LogP contribution is -2.55. The van der Waals surface area contributed by atoms with Gasteiger partial charge in [0.1, 0.15) is 72.4 Å². The summed E-state index contributed by atoms with van der Waals surface area (Å²) >= 11 is 0. The Bertz CT molecular complexity index is 1390. The largest absolute Gasteiger partial charge is 0.508 e. The van der Waals surface area contributed by atoms with Crippen LogP contribution in [0, 0.1) is 0 Å². The Balaban J connectivity index is 1.76. The van der Waals surface area contributed by atoms with Crippen molar-refractivity contribution in [3.05, 3.63) is 52.4 Å². The Morgan fingerprint density at radius 3 is 2.27 bits per heavy atom. The van der Waals surface area contributed by atoms with Gasteiger partial charge in [-0.15, -0.1) is 0 Å². The minimum absolute atomic E-state index is 0.00299. The molecular weight excluding hydrogens is 496 g/mol. The SMILES string of the molecule is O=C(O)CC(=O)OCC1OC(c2c(O)cc(O)c3c(=O)c(-c4ccc(O)cc4)coc23)C(O)C(O)C1O. The van der Waals surface area contributed by atoms with Crippen molar-refractivity contribution >= 4 is 22.9 Å². The van der Waals surface area contributed by atoms with E-state index in [-0.39, 0.29) is 27.8 Å². The van der Waals surface area contributed by atoms with Crippen LogP contribution in [0.3, 0.4) is 0 Å². The molecule has 7 N–H and O–H groups in total. The smallest absolute Gasteiger partial charge is 0.317 e. The molecule has 1 aliphatic rings. The highest BCUT2D eigenvalue weighted by atomic mass is 16.6. The number of aliphatic carboxylic acids is 1. The zero-order chi connectivity index (χ0) is 27.0. The number of carboxylic acids is 1. The van der Waals surface area contributed by atoms with Crippen LogP contribution < -0.4 is 5.43 Å². The van der Waals surface area contributed by atoms with Crippen LogP contribution in [0.5, 0.6) is 17.2 Å². The number of esters is 1. The summed E-state index contributed by atoms with van der Waals surface area (Å²) in [6, 6.07) is 6.36. The molecule has 1 aliphatic heterocycles. The lowest BCUT2D eigenvalue weighted by Gasteiger charge is -2.40. The number of aliphatic hydroxyl groups is 3. The van der Waals surface area contributed by atoms with Crippen LogP contribution in [0.2, 0.25) is 0 Å². The van der Waals surface area contributed by atoms with E-state index in [9.17, 15) is 45.0 Å². The number of carboxylic acid groups (broad SMARTS) is 1. The molecule has 2 heterocycles. The van der Waals surface area contributed by atoms with E-state index in [1.54, 1.807) is 0 Å². The maximum atomic E-state index is 13.2. The number of benzene rings is 2. The van der Waals surface area contributed by atoms with E-state index >= 15 is 0 Å². The Morgan fingerprint density at radius 1 is 0.946 bits per heavy atom. The van der Waals surface area contributed by atoms with Crippen molar-refractivity contribution in [1.29, 1.82) is 0 Å². The van der Waals surface area contributed by atoms with Crippen molar-refractivity contribution in [3.63, 3.8) is 0 Å². The number of hydrogen-bond acceptors (Lipinski definition) is 12. The summed E-state index contributed by atoms with van der Waals surface area (Å²) in [6.07, 6.45) is -8.59. The molecule has 1 aromatic heterocycles. The number of ether oxygens (including phenoxy) is 2. The first-order valence-electron chi connectivity index (χ1n) is 10.9. The van der Waals surface area contributed by atoms with Gasteiger partial charge in [0.2, 0.25) is 5.43 Å². The van der Waals surface area contributed by atoms with Gasteiger partial charge in [0, 0.05) is 6.07 Å². The van der Waals surface area contributed by atoms with Gasteiger partial charge in [0.25, 0.3) is 0 Å². The van der Waals surface area contributed by atoms with Gasteiger partial charge in [0.15, 0.2) is 5.58 Å². The third-order valence-corrected chi connectivity index (χ3v) is 5.92. The van der Waals surface area contributed by atoms with Gasteiger partial charge in [-0.05, 0) is 17.7 Å². The molecule has 3 aromatic rings. The summed E-state index contributed by atoms with van der Waals surface area (Å²) in [5.41, 5.74) is -1.11. The number of aliphatic hydroxyl groups excluding tert-OH is 3. The minimum atomic E-state index is -1.88. The molecule has 0 bridgehead atoms. The standard InChI is InChI=1S/C24H22O13/c25-10-3-1-9(2-4-10)11-7-36-23-17(19(11)31)12(26)5-13(27)18(23)24-22(34)21(33)20(32)14(37-24)8-35-16(30)6-15(28)29/h1-5,7,14,20-22,24-27,32-34H,6,8H2,(H,28,29). The summed E-state index contributed by atoms with van der Waals surface area (Å²) in [7, 11) is 0. The van der Waals surface area contributed by atoms with Gasteiger partial charge < -0.3 is 49.6 Å². The fourth-order valence-electron chi connectivity index (χ4n) is 4.09. The van der Waals surface area contributed by atoms with Crippen LogP contribution in [0.15, 0.2) is 45.8 Å². The fraction of sp³-hybridized carbons (Fsp3) is 0.292. The Kier molecular flexibility index (Phi) is 7.05. The lowest BCUT2D eigenvalue weighted by molar-refractivity contribution is -0.234. The van der Waals surface area contributed by atoms with Gasteiger partial charge >= 0.3 is 11.9 Å². The Labute approximate surface area is 207 Å². The average molecular weight is 518 g/mol. The van der Waals surface area contributed by atoms with E-state index in [0.717, 1.165) is 12.3 Å². The molecule has 1 saturated heterocycles. The Hall–Kier alpha value is -4.17.